The van der Waals surface area contributed by atoms with Crippen LogP contribution in [-0.2, 0) is 4.79 Å². The first-order valence-electron chi connectivity index (χ1n) is 4.29. The van der Waals surface area contributed by atoms with Crippen LogP contribution >= 0.6 is 9.90 Å². The van der Waals surface area contributed by atoms with Crippen LogP contribution in [0.15, 0.2) is 12.1 Å². The summed E-state index contributed by atoms with van der Waals surface area (Å²) in [6.45, 7) is 5.40. The van der Waals surface area contributed by atoms with Crippen molar-refractivity contribution in [3.63, 3.8) is 0 Å². The SMILES string of the molecule is Cc1cc(C)c(C(=O)C(=O)O)c(C)c1.P. The Morgan fingerprint density at radius 3 is 1.80 bits per heavy atom. The predicted molar refractivity (Wildman–Crippen MR) is 63.7 cm³/mol. The van der Waals surface area contributed by atoms with E-state index in [0.29, 0.717) is 5.56 Å². The van der Waals surface area contributed by atoms with Crippen molar-refractivity contribution < 1.29 is 14.7 Å². The zero-order valence-corrected chi connectivity index (χ0v) is 10.5. The molecule has 0 radical (unpaired) electrons. The Balaban J connectivity index is 0.00000196. The van der Waals surface area contributed by atoms with E-state index in [1.54, 1.807) is 13.8 Å². The van der Waals surface area contributed by atoms with E-state index in [0.717, 1.165) is 16.7 Å². The number of rotatable bonds is 2. The third kappa shape index (κ3) is 2.87. The summed E-state index contributed by atoms with van der Waals surface area (Å²) in [6, 6.07) is 3.62. The summed E-state index contributed by atoms with van der Waals surface area (Å²) in [5, 5.41) is 8.60. The Bertz CT molecular complexity index is 387. The van der Waals surface area contributed by atoms with Crippen LogP contribution in [-0.4, -0.2) is 16.9 Å². The molecule has 0 bridgehead atoms. The van der Waals surface area contributed by atoms with E-state index in [9.17, 15) is 9.59 Å². The lowest BCUT2D eigenvalue weighted by atomic mass is 9.97. The third-order valence-electron chi connectivity index (χ3n) is 2.10. The zero-order chi connectivity index (χ0) is 10.9. The average Bonchev–Trinajstić information content (AvgIpc) is 2.01. The average molecular weight is 226 g/mol. The summed E-state index contributed by atoms with van der Waals surface area (Å²) in [5.74, 6) is -2.24. The van der Waals surface area contributed by atoms with Crippen molar-refractivity contribution in [1.29, 1.82) is 0 Å². The lowest BCUT2D eigenvalue weighted by molar-refractivity contribution is -0.131. The summed E-state index contributed by atoms with van der Waals surface area (Å²) >= 11 is 0. The summed E-state index contributed by atoms with van der Waals surface area (Å²) in [5.41, 5.74) is 2.77. The second-order valence-electron chi connectivity index (χ2n) is 3.41. The monoisotopic (exact) mass is 226 g/mol. The van der Waals surface area contributed by atoms with E-state index in [4.69, 9.17) is 5.11 Å². The summed E-state index contributed by atoms with van der Waals surface area (Å²) in [7, 11) is 0. The van der Waals surface area contributed by atoms with Gasteiger partial charge in [-0.1, -0.05) is 17.7 Å². The van der Waals surface area contributed by atoms with Crippen LogP contribution in [0.2, 0.25) is 0 Å². The van der Waals surface area contributed by atoms with Crippen molar-refractivity contribution in [2.24, 2.45) is 0 Å². The first-order chi connectivity index (χ1) is 6.43. The minimum atomic E-state index is -1.40. The predicted octanol–water partition coefficient (Wildman–Crippen LogP) is 1.94. The smallest absolute Gasteiger partial charge is 0.377 e. The molecule has 3 nitrogen and oxygen atoms in total. The molecular formula is C11H15O3P. The number of benzene rings is 1. The van der Waals surface area contributed by atoms with Crippen LogP contribution in [0.1, 0.15) is 27.0 Å². The topological polar surface area (TPSA) is 54.4 Å². The molecule has 1 aromatic carbocycles. The molecule has 0 aliphatic carbocycles. The molecule has 1 atom stereocenters. The minimum absolute atomic E-state index is 0. The molecule has 0 spiro atoms. The lowest BCUT2D eigenvalue weighted by Gasteiger charge is -2.07. The highest BCUT2D eigenvalue weighted by atomic mass is 31.0. The van der Waals surface area contributed by atoms with Gasteiger partial charge in [-0.05, 0) is 31.9 Å². The summed E-state index contributed by atoms with van der Waals surface area (Å²) in [4.78, 5) is 21.8. The standard InChI is InChI=1S/C11H12O3.H3P/c1-6-4-7(2)9(8(3)5-6)10(12)11(13)14;/h4-5H,1-3H3,(H,13,14);1H3. The number of Topliss-reactive ketones (excluding diaryl/α,β-unsaturated/α-hetero) is 1. The number of hydrogen-bond donors (Lipinski definition) is 1. The molecule has 0 saturated carbocycles. The van der Waals surface area contributed by atoms with Gasteiger partial charge in [0.2, 0.25) is 0 Å². The molecular weight excluding hydrogens is 211 g/mol. The Labute approximate surface area is 92.1 Å². The first-order valence-corrected chi connectivity index (χ1v) is 4.29. The fraction of sp³-hybridized carbons (Fsp3) is 0.273. The van der Waals surface area contributed by atoms with Crippen molar-refractivity contribution in [3.05, 3.63) is 34.4 Å². The Hall–Kier alpha value is -1.21. The number of carbonyl (C=O) groups excluding carboxylic acids is 1. The zero-order valence-electron chi connectivity index (χ0n) is 9.13. The largest absolute Gasteiger partial charge is 0.475 e. The molecule has 0 aliphatic heterocycles. The summed E-state index contributed by atoms with van der Waals surface area (Å²) in [6.07, 6.45) is 0. The molecule has 0 fully saturated rings. The van der Waals surface area contributed by atoms with Crippen molar-refractivity contribution in [2.75, 3.05) is 0 Å². The van der Waals surface area contributed by atoms with Gasteiger partial charge >= 0.3 is 5.97 Å². The molecule has 82 valence electrons. The maximum absolute atomic E-state index is 11.3. The number of hydrogen-bond acceptors (Lipinski definition) is 2. The van der Waals surface area contributed by atoms with Crippen LogP contribution < -0.4 is 0 Å². The lowest BCUT2D eigenvalue weighted by Crippen LogP contribution is -2.15. The van der Waals surface area contributed by atoms with Gasteiger partial charge in [0.25, 0.3) is 5.78 Å². The highest BCUT2D eigenvalue weighted by Gasteiger charge is 2.19. The minimum Gasteiger partial charge on any atom is -0.475 e. The van der Waals surface area contributed by atoms with Crippen LogP contribution in [0.4, 0.5) is 0 Å². The van der Waals surface area contributed by atoms with E-state index < -0.39 is 11.8 Å². The fourth-order valence-corrected chi connectivity index (χ4v) is 1.65. The Morgan fingerprint density at radius 1 is 1.07 bits per heavy atom. The van der Waals surface area contributed by atoms with Crippen LogP contribution in [0, 0.1) is 20.8 Å². The first kappa shape index (κ1) is 13.8. The van der Waals surface area contributed by atoms with E-state index in [1.165, 1.54) is 0 Å². The molecule has 15 heavy (non-hydrogen) atoms. The van der Waals surface area contributed by atoms with Gasteiger partial charge in [-0.25, -0.2) is 4.79 Å². The van der Waals surface area contributed by atoms with Crippen LogP contribution in [0.25, 0.3) is 0 Å². The number of carboxylic acids is 1. The number of aliphatic carboxylic acids is 1. The molecule has 1 unspecified atom stereocenters. The van der Waals surface area contributed by atoms with Gasteiger partial charge < -0.3 is 5.11 Å². The highest BCUT2D eigenvalue weighted by molar-refractivity contribution is 6.92. The normalized spacial score (nSPS) is 9.27. The van der Waals surface area contributed by atoms with Gasteiger partial charge in [-0.15, -0.1) is 0 Å². The fourth-order valence-electron chi connectivity index (χ4n) is 1.65. The van der Waals surface area contributed by atoms with E-state index in [-0.39, 0.29) is 9.90 Å². The van der Waals surface area contributed by atoms with Crippen molar-refractivity contribution in [2.45, 2.75) is 20.8 Å². The quantitative estimate of drug-likeness (QED) is 0.476. The second kappa shape index (κ2) is 5.04. The van der Waals surface area contributed by atoms with Gasteiger partial charge in [0, 0.05) is 5.56 Å². The van der Waals surface area contributed by atoms with Gasteiger partial charge in [0.05, 0.1) is 0 Å². The number of aryl methyl sites for hydroxylation is 3. The number of carboxylic acid groups (broad SMARTS) is 1. The maximum atomic E-state index is 11.3. The van der Waals surface area contributed by atoms with Gasteiger partial charge in [0.1, 0.15) is 0 Å². The molecule has 0 aromatic heterocycles. The van der Waals surface area contributed by atoms with E-state index in [1.807, 2.05) is 19.1 Å². The second-order valence-corrected chi connectivity index (χ2v) is 3.41. The van der Waals surface area contributed by atoms with Crippen molar-refractivity contribution >= 4 is 21.7 Å². The van der Waals surface area contributed by atoms with Gasteiger partial charge in [-0.3, -0.25) is 4.79 Å². The molecule has 1 N–H and O–H groups in total. The van der Waals surface area contributed by atoms with Gasteiger partial charge in [0.15, 0.2) is 0 Å². The maximum Gasteiger partial charge on any atom is 0.377 e. The van der Waals surface area contributed by atoms with Crippen molar-refractivity contribution in [1.82, 2.24) is 0 Å². The van der Waals surface area contributed by atoms with Crippen LogP contribution in [0.5, 0.6) is 0 Å². The molecule has 0 aliphatic rings. The third-order valence-corrected chi connectivity index (χ3v) is 2.10. The Kier molecular flexibility index (Phi) is 4.63. The molecule has 4 heteroatoms. The van der Waals surface area contributed by atoms with E-state index >= 15 is 0 Å². The van der Waals surface area contributed by atoms with Gasteiger partial charge in [-0.2, -0.15) is 9.90 Å². The highest BCUT2D eigenvalue weighted by Crippen LogP contribution is 2.16. The molecule has 0 heterocycles. The summed E-state index contributed by atoms with van der Waals surface area (Å²) < 4.78 is 0. The molecule has 0 saturated heterocycles. The molecule has 1 aromatic rings. The molecule has 0 amide bonds. The Morgan fingerprint density at radius 2 is 1.47 bits per heavy atom. The van der Waals surface area contributed by atoms with Crippen LogP contribution in [0.3, 0.4) is 0 Å². The van der Waals surface area contributed by atoms with E-state index in [2.05, 4.69) is 0 Å². The number of ketones is 1. The molecule has 1 rings (SSSR count). The number of carbonyl (C=O) groups is 2. The van der Waals surface area contributed by atoms with Crippen molar-refractivity contribution in [3.8, 4) is 0 Å².